The molecule has 4 nitrogen and oxygen atoms in total. The third-order valence-electron chi connectivity index (χ3n) is 3.15. The molecule has 0 aliphatic carbocycles. The van der Waals surface area contributed by atoms with E-state index < -0.39 is 0 Å². The summed E-state index contributed by atoms with van der Waals surface area (Å²) in [7, 11) is 0. The maximum atomic E-state index is 12.0. The molecule has 0 bridgehead atoms. The second kappa shape index (κ2) is 6.45. The third kappa shape index (κ3) is 3.54. The molecule has 1 amide bonds. The summed E-state index contributed by atoms with van der Waals surface area (Å²) in [6.45, 7) is 0. The number of anilines is 1. The lowest BCUT2D eigenvalue weighted by Gasteiger charge is -2.04. The van der Waals surface area contributed by atoms with Crippen molar-refractivity contribution in [2.75, 3.05) is 5.32 Å². The van der Waals surface area contributed by atoms with Gasteiger partial charge in [-0.15, -0.1) is 0 Å². The first-order chi connectivity index (χ1) is 10.7. The predicted octanol–water partition coefficient (Wildman–Crippen LogP) is 3.71. The van der Waals surface area contributed by atoms with E-state index in [1.165, 1.54) is 0 Å². The first kappa shape index (κ1) is 14.4. The summed E-state index contributed by atoms with van der Waals surface area (Å²) in [5.41, 5.74) is 2.55. The van der Waals surface area contributed by atoms with Crippen LogP contribution in [0.25, 0.3) is 5.69 Å². The molecule has 0 saturated carbocycles. The van der Waals surface area contributed by atoms with Gasteiger partial charge in [0.1, 0.15) is 0 Å². The van der Waals surface area contributed by atoms with Gasteiger partial charge in [0, 0.05) is 16.9 Å². The van der Waals surface area contributed by atoms with Crippen LogP contribution in [0.2, 0.25) is 5.02 Å². The van der Waals surface area contributed by atoms with Crippen LogP contribution in [-0.2, 0) is 11.2 Å². The molecule has 0 fully saturated rings. The van der Waals surface area contributed by atoms with Gasteiger partial charge in [-0.2, -0.15) is 5.10 Å². The lowest BCUT2D eigenvalue weighted by Crippen LogP contribution is -2.13. The van der Waals surface area contributed by atoms with Crippen LogP contribution in [0.3, 0.4) is 0 Å². The molecule has 5 heteroatoms. The summed E-state index contributed by atoms with van der Waals surface area (Å²) >= 11 is 5.82. The number of para-hydroxylation sites is 1. The van der Waals surface area contributed by atoms with E-state index in [1.807, 2.05) is 36.5 Å². The first-order valence-corrected chi connectivity index (χ1v) is 7.23. The highest BCUT2D eigenvalue weighted by atomic mass is 35.5. The Balaban J connectivity index is 1.65. The number of carbonyl (C=O) groups is 1. The SMILES string of the molecule is O=C(Cc1cnn(-c2ccccc2)c1)Nc1ccc(Cl)cc1. The summed E-state index contributed by atoms with van der Waals surface area (Å²) in [6.07, 6.45) is 3.83. The van der Waals surface area contributed by atoms with Gasteiger partial charge in [-0.3, -0.25) is 4.79 Å². The van der Waals surface area contributed by atoms with Gasteiger partial charge in [0.05, 0.1) is 18.3 Å². The number of nitrogens with zero attached hydrogens (tertiary/aromatic N) is 2. The van der Waals surface area contributed by atoms with Crippen molar-refractivity contribution in [1.82, 2.24) is 9.78 Å². The fourth-order valence-electron chi connectivity index (χ4n) is 2.10. The molecule has 2 aromatic carbocycles. The zero-order valence-corrected chi connectivity index (χ0v) is 12.5. The number of benzene rings is 2. The van der Waals surface area contributed by atoms with E-state index in [1.54, 1.807) is 35.1 Å². The fraction of sp³-hybridized carbons (Fsp3) is 0.0588. The van der Waals surface area contributed by atoms with Gasteiger partial charge >= 0.3 is 0 Å². The molecule has 0 aliphatic rings. The Hall–Kier alpha value is -2.59. The molecule has 0 aliphatic heterocycles. The molecule has 0 atom stereocenters. The molecule has 3 aromatic rings. The average molecular weight is 312 g/mol. The van der Waals surface area contributed by atoms with Crippen LogP contribution in [0.1, 0.15) is 5.56 Å². The molecule has 110 valence electrons. The minimum Gasteiger partial charge on any atom is -0.326 e. The van der Waals surface area contributed by atoms with Crippen molar-refractivity contribution < 1.29 is 4.79 Å². The molecule has 0 unspecified atom stereocenters. The molecule has 0 saturated heterocycles. The molecule has 0 radical (unpaired) electrons. The van der Waals surface area contributed by atoms with Gasteiger partial charge in [-0.05, 0) is 42.0 Å². The van der Waals surface area contributed by atoms with E-state index in [2.05, 4.69) is 10.4 Å². The quantitative estimate of drug-likeness (QED) is 0.798. The van der Waals surface area contributed by atoms with Gasteiger partial charge in [-0.25, -0.2) is 4.68 Å². The molecular weight excluding hydrogens is 298 g/mol. The number of amides is 1. The highest BCUT2D eigenvalue weighted by Gasteiger charge is 2.07. The molecule has 3 rings (SSSR count). The summed E-state index contributed by atoms with van der Waals surface area (Å²) in [6, 6.07) is 16.8. The Morgan fingerprint density at radius 1 is 1.09 bits per heavy atom. The van der Waals surface area contributed by atoms with Crippen LogP contribution in [-0.4, -0.2) is 15.7 Å². The van der Waals surface area contributed by atoms with Gasteiger partial charge in [0.25, 0.3) is 0 Å². The number of aromatic nitrogens is 2. The molecule has 1 N–H and O–H groups in total. The maximum absolute atomic E-state index is 12.0. The topological polar surface area (TPSA) is 46.9 Å². The molecular formula is C17H14ClN3O. The minimum absolute atomic E-state index is 0.0880. The van der Waals surface area contributed by atoms with Crippen LogP contribution in [0.4, 0.5) is 5.69 Å². The van der Waals surface area contributed by atoms with E-state index in [9.17, 15) is 4.79 Å². The zero-order chi connectivity index (χ0) is 15.4. The highest BCUT2D eigenvalue weighted by molar-refractivity contribution is 6.30. The van der Waals surface area contributed by atoms with Gasteiger partial charge in [0.15, 0.2) is 0 Å². The minimum atomic E-state index is -0.0880. The van der Waals surface area contributed by atoms with Gasteiger partial charge < -0.3 is 5.32 Å². The number of hydrogen-bond acceptors (Lipinski definition) is 2. The van der Waals surface area contributed by atoms with Crippen molar-refractivity contribution in [2.45, 2.75) is 6.42 Å². The monoisotopic (exact) mass is 311 g/mol. The second-order valence-electron chi connectivity index (χ2n) is 4.86. The second-order valence-corrected chi connectivity index (χ2v) is 5.30. The van der Waals surface area contributed by atoms with Crippen molar-refractivity contribution in [1.29, 1.82) is 0 Å². The van der Waals surface area contributed by atoms with Crippen LogP contribution >= 0.6 is 11.6 Å². The number of hydrogen-bond donors (Lipinski definition) is 1. The van der Waals surface area contributed by atoms with E-state index >= 15 is 0 Å². The van der Waals surface area contributed by atoms with Crippen molar-refractivity contribution in [3.63, 3.8) is 0 Å². The molecule has 1 aromatic heterocycles. The normalized spacial score (nSPS) is 10.4. The predicted molar refractivity (Wildman–Crippen MR) is 87.3 cm³/mol. The third-order valence-corrected chi connectivity index (χ3v) is 3.40. The Kier molecular flexibility index (Phi) is 4.21. The lowest BCUT2D eigenvalue weighted by molar-refractivity contribution is -0.115. The van der Waals surface area contributed by atoms with Crippen molar-refractivity contribution in [3.05, 3.63) is 77.6 Å². The largest absolute Gasteiger partial charge is 0.326 e. The standard InChI is InChI=1S/C17H14ClN3O/c18-14-6-8-15(9-7-14)20-17(22)10-13-11-19-21(12-13)16-4-2-1-3-5-16/h1-9,11-12H,10H2,(H,20,22). The smallest absolute Gasteiger partial charge is 0.228 e. The Bertz CT molecular complexity index is 766. The summed E-state index contributed by atoms with van der Waals surface area (Å²) in [4.78, 5) is 12.0. The average Bonchev–Trinajstić information content (AvgIpc) is 2.99. The molecule has 0 spiro atoms. The van der Waals surface area contributed by atoms with E-state index in [0.717, 1.165) is 16.9 Å². The molecule has 1 heterocycles. The van der Waals surface area contributed by atoms with Crippen molar-refractivity contribution in [3.8, 4) is 5.69 Å². The number of carbonyl (C=O) groups excluding carboxylic acids is 1. The summed E-state index contributed by atoms with van der Waals surface area (Å²) in [5.74, 6) is -0.0880. The number of nitrogens with one attached hydrogen (secondary N) is 1. The van der Waals surface area contributed by atoms with E-state index in [0.29, 0.717) is 5.02 Å². The van der Waals surface area contributed by atoms with Gasteiger partial charge in [0.2, 0.25) is 5.91 Å². The van der Waals surface area contributed by atoms with E-state index in [4.69, 9.17) is 11.6 Å². The van der Waals surface area contributed by atoms with Crippen LogP contribution in [0.15, 0.2) is 67.0 Å². The van der Waals surface area contributed by atoms with Crippen LogP contribution in [0.5, 0.6) is 0 Å². The Morgan fingerprint density at radius 3 is 2.55 bits per heavy atom. The van der Waals surface area contributed by atoms with Gasteiger partial charge in [-0.1, -0.05) is 29.8 Å². The lowest BCUT2D eigenvalue weighted by atomic mass is 10.2. The maximum Gasteiger partial charge on any atom is 0.228 e. The van der Waals surface area contributed by atoms with Crippen molar-refractivity contribution in [2.24, 2.45) is 0 Å². The van der Waals surface area contributed by atoms with Crippen LogP contribution in [0, 0.1) is 0 Å². The highest BCUT2D eigenvalue weighted by Crippen LogP contribution is 2.14. The van der Waals surface area contributed by atoms with E-state index in [-0.39, 0.29) is 12.3 Å². The Labute approximate surface area is 133 Å². The zero-order valence-electron chi connectivity index (χ0n) is 11.7. The van der Waals surface area contributed by atoms with Crippen LogP contribution < -0.4 is 5.32 Å². The number of halogens is 1. The molecule has 22 heavy (non-hydrogen) atoms. The first-order valence-electron chi connectivity index (χ1n) is 6.85. The number of rotatable bonds is 4. The summed E-state index contributed by atoms with van der Waals surface area (Å²) in [5, 5.41) is 7.75. The Morgan fingerprint density at radius 2 is 1.82 bits per heavy atom. The van der Waals surface area contributed by atoms with Crippen molar-refractivity contribution >= 4 is 23.2 Å². The fourth-order valence-corrected chi connectivity index (χ4v) is 2.22. The summed E-state index contributed by atoms with van der Waals surface area (Å²) < 4.78 is 1.75.